The van der Waals surface area contributed by atoms with Gasteiger partial charge in [-0.3, -0.25) is 9.78 Å². The van der Waals surface area contributed by atoms with Crippen molar-refractivity contribution in [3.8, 4) is 0 Å². The Bertz CT molecular complexity index is 940. The molecule has 3 rings (SSSR count). The number of hydrogen-bond acceptors (Lipinski definition) is 5. The molecule has 0 N–H and O–H groups in total. The van der Waals surface area contributed by atoms with Crippen LogP contribution in [0.15, 0.2) is 47.0 Å². The summed E-state index contributed by atoms with van der Waals surface area (Å²) in [7, 11) is 3.01. The highest BCUT2D eigenvalue weighted by Crippen LogP contribution is 2.20. The third kappa shape index (κ3) is 3.24. The van der Waals surface area contributed by atoms with E-state index in [1.54, 1.807) is 43.3 Å². The van der Waals surface area contributed by atoms with Crippen molar-refractivity contribution in [2.75, 3.05) is 14.2 Å². The highest BCUT2D eigenvalue weighted by Gasteiger charge is 2.19. The average molecular weight is 338 g/mol. The highest BCUT2D eigenvalue weighted by molar-refractivity contribution is 6.06. The molecule has 0 saturated carbocycles. The van der Waals surface area contributed by atoms with Crippen molar-refractivity contribution in [1.82, 2.24) is 9.88 Å². The normalized spacial score (nSPS) is 10.7. The van der Waals surface area contributed by atoms with E-state index < -0.39 is 5.97 Å². The summed E-state index contributed by atoms with van der Waals surface area (Å²) in [6.07, 6.45) is 1.69. The van der Waals surface area contributed by atoms with Gasteiger partial charge >= 0.3 is 5.97 Å². The number of amides is 1. The fourth-order valence-electron chi connectivity index (χ4n) is 2.74. The maximum atomic E-state index is 12.8. The molecular formula is C19H18N2O4. The number of pyridine rings is 1. The van der Waals surface area contributed by atoms with Gasteiger partial charge < -0.3 is 14.1 Å². The molecule has 2 heterocycles. The fourth-order valence-corrected chi connectivity index (χ4v) is 2.74. The zero-order valence-corrected chi connectivity index (χ0v) is 14.3. The van der Waals surface area contributed by atoms with Gasteiger partial charge in [0.15, 0.2) is 0 Å². The van der Waals surface area contributed by atoms with Crippen LogP contribution in [0.2, 0.25) is 0 Å². The first-order valence-corrected chi connectivity index (χ1v) is 7.78. The highest BCUT2D eigenvalue weighted by atomic mass is 16.5. The maximum absolute atomic E-state index is 12.8. The maximum Gasteiger partial charge on any atom is 0.341 e. The van der Waals surface area contributed by atoms with Crippen LogP contribution in [-0.2, 0) is 11.3 Å². The van der Waals surface area contributed by atoms with E-state index >= 15 is 0 Å². The van der Waals surface area contributed by atoms with E-state index in [4.69, 9.17) is 9.15 Å². The van der Waals surface area contributed by atoms with E-state index in [9.17, 15) is 9.59 Å². The Labute approximate surface area is 145 Å². The molecule has 0 aliphatic heterocycles. The van der Waals surface area contributed by atoms with Crippen molar-refractivity contribution in [3.05, 3.63) is 65.2 Å². The topological polar surface area (TPSA) is 72.6 Å². The average Bonchev–Trinajstić information content (AvgIpc) is 3.00. The molecule has 0 atom stereocenters. The number of furan rings is 1. The summed E-state index contributed by atoms with van der Waals surface area (Å²) in [5.41, 5.74) is 1.71. The number of carbonyl (C=O) groups excluding carboxylic acids is 2. The molecule has 1 amide bonds. The van der Waals surface area contributed by atoms with Gasteiger partial charge in [0.2, 0.25) is 0 Å². The minimum absolute atomic E-state index is 0.146. The molecule has 128 valence electrons. The first kappa shape index (κ1) is 16.7. The predicted molar refractivity (Wildman–Crippen MR) is 92.3 cm³/mol. The van der Waals surface area contributed by atoms with Gasteiger partial charge in [-0.05, 0) is 31.2 Å². The van der Waals surface area contributed by atoms with Gasteiger partial charge in [0.1, 0.15) is 17.1 Å². The Balaban J connectivity index is 1.85. The minimum atomic E-state index is -0.457. The molecule has 2 aromatic heterocycles. The van der Waals surface area contributed by atoms with Crippen molar-refractivity contribution in [2.45, 2.75) is 13.5 Å². The van der Waals surface area contributed by atoms with Crippen LogP contribution in [0, 0.1) is 6.92 Å². The Morgan fingerprint density at radius 1 is 1.20 bits per heavy atom. The summed E-state index contributed by atoms with van der Waals surface area (Å²) in [4.78, 5) is 30.3. The second-order valence-corrected chi connectivity index (χ2v) is 5.71. The van der Waals surface area contributed by atoms with Crippen molar-refractivity contribution in [1.29, 1.82) is 0 Å². The summed E-state index contributed by atoms with van der Waals surface area (Å²) in [5, 5.41) is 0.799. The lowest BCUT2D eigenvalue weighted by molar-refractivity contribution is 0.0598. The van der Waals surface area contributed by atoms with Crippen molar-refractivity contribution in [3.63, 3.8) is 0 Å². The number of nitrogens with zero attached hydrogens (tertiary/aromatic N) is 2. The number of benzene rings is 1. The summed E-state index contributed by atoms with van der Waals surface area (Å²) >= 11 is 0. The number of aryl methyl sites for hydroxylation is 1. The van der Waals surface area contributed by atoms with Gasteiger partial charge in [-0.2, -0.15) is 0 Å². The molecule has 3 aromatic rings. The van der Waals surface area contributed by atoms with E-state index in [1.165, 1.54) is 7.11 Å². The third-order valence-corrected chi connectivity index (χ3v) is 3.99. The van der Waals surface area contributed by atoms with Gasteiger partial charge in [0, 0.05) is 24.2 Å². The summed E-state index contributed by atoms with van der Waals surface area (Å²) in [5.74, 6) is 0.387. The monoisotopic (exact) mass is 338 g/mol. The number of methoxy groups -OCH3 is 1. The lowest BCUT2D eigenvalue weighted by atomic mass is 10.1. The van der Waals surface area contributed by atoms with Crippen LogP contribution < -0.4 is 0 Å². The molecule has 0 saturated heterocycles. The zero-order valence-electron chi connectivity index (χ0n) is 14.3. The molecule has 0 aliphatic carbocycles. The summed E-state index contributed by atoms with van der Waals surface area (Å²) < 4.78 is 10.3. The van der Waals surface area contributed by atoms with E-state index in [2.05, 4.69) is 4.98 Å². The lowest BCUT2D eigenvalue weighted by Crippen LogP contribution is -2.26. The van der Waals surface area contributed by atoms with Crippen LogP contribution in [0.25, 0.3) is 10.9 Å². The van der Waals surface area contributed by atoms with Gasteiger partial charge in [0.25, 0.3) is 5.91 Å². The van der Waals surface area contributed by atoms with Crippen molar-refractivity contribution in [2.24, 2.45) is 0 Å². The Kier molecular flexibility index (Phi) is 4.52. The first-order chi connectivity index (χ1) is 12.0. The Morgan fingerprint density at radius 3 is 2.76 bits per heavy atom. The molecule has 1 aromatic carbocycles. The van der Waals surface area contributed by atoms with E-state index in [-0.39, 0.29) is 12.5 Å². The number of rotatable bonds is 4. The SMILES string of the molecule is COC(=O)c1cc(CN(C)C(=O)c2cccc3ncccc23)oc1C. The second-order valence-electron chi connectivity index (χ2n) is 5.71. The molecule has 0 unspecified atom stereocenters. The summed E-state index contributed by atoms with van der Waals surface area (Å²) in [6, 6.07) is 10.7. The van der Waals surface area contributed by atoms with Crippen molar-refractivity contribution >= 4 is 22.8 Å². The third-order valence-electron chi connectivity index (χ3n) is 3.99. The molecule has 0 bridgehead atoms. The van der Waals surface area contributed by atoms with E-state index in [0.29, 0.717) is 22.6 Å². The standard InChI is InChI=1S/C19H18N2O4/c1-12-16(19(23)24-3)10-13(25-12)11-21(2)18(22)15-6-4-8-17-14(15)7-5-9-20-17/h4-10H,11H2,1-3H3. The first-order valence-electron chi connectivity index (χ1n) is 7.78. The molecule has 0 aliphatic rings. The van der Waals surface area contributed by atoms with Gasteiger partial charge in [-0.15, -0.1) is 0 Å². The van der Waals surface area contributed by atoms with Crippen LogP contribution in [-0.4, -0.2) is 35.9 Å². The fraction of sp³-hybridized carbons (Fsp3) is 0.211. The summed E-state index contributed by atoms with van der Waals surface area (Å²) in [6.45, 7) is 1.93. The lowest BCUT2D eigenvalue weighted by Gasteiger charge is -2.16. The number of carbonyl (C=O) groups is 2. The molecule has 25 heavy (non-hydrogen) atoms. The molecule has 6 nitrogen and oxygen atoms in total. The van der Waals surface area contributed by atoms with Gasteiger partial charge in [-0.25, -0.2) is 4.79 Å². The molecule has 6 heteroatoms. The van der Waals surface area contributed by atoms with Gasteiger partial charge in [0.05, 0.1) is 19.2 Å². The van der Waals surface area contributed by atoms with Crippen LogP contribution >= 0.6 is 0 Å². The minimum Gasteiger partial charge on any atom is -0.465 e. The number of fused-ring (bicyclic) bond motifs is 1. The van der Waals surface area contributed by atoms with E-state index in [1.807, 2.05) is 18.2 Å². The Hall–Kier alpha value is -3.15. The number of hydrogen-bond donors (Lipinski definition) is 0. The predicted octanol–water partition coefficient (Wildman–Crippen LogP) is 3.20. The van der Waals surface area contributed by atoms with E-state index in [0.717, 1.165) is 10.9 Å². The van der Waals surface area contributed by atoms with Crippen LogP contribution in [0.4, 0.5) is 0 Å². The van der Waals surface area contributed by atoms with Crippen LogP contribution in [0.5, 0.6) is 0 Å². The van der Waals surface area contributed by atoms with Crippen molar-refractivity contribution < 1.29 is 18.7 Å². The molecule has 0 radical (unpaired) electrons. The smallest absolute Gasteiger partial charge is 0.341 e. The number of ether oxygens (including phenoxy) is 1. The Morgan fingerprint density at radius 2 is 2.00 bits per heavy atom. The zero-order chi connectivity index (χ0) is 18.0. The number of aromatic nitrogens is 1. The molecular weight excluding hydrogens is 320 g/mol. The number of esters is 1. The molecule has 0 spiro atoms. The van der Waals surface area contributed by atoms with Gasteiger partial charge in [-0.1, -0.05) is 12.1 Å². The van der Waals surface area contributed by atoms with Crippen LogP contribution in [0.3, 0.4) is 0 Å². The largest absolute Gasteiger partial charge is 0.465 e. The molecule has 0 fully saturated rings. The second kappa shape index (κ2) is 6.76. The quantitative estimate of drug-likeness (QED) is 0.683. The van der Waals surface area contributed by atoms with Crippen LogP contribution in [0.1, 0.15) is 32.2 Å².